The molecule has 2 aliphatic carbocycles. The van der Waals surface area contributed by atoms with Crippen LogP contribution in [0, 0.1) is 11.8 Å². The Bertz CT molecular complexity index is 497. The molecule has 1 saturated heterocycles. The molecule has 3 fully saturated rings. The van der Waals surface area contributed by atoms with Gasteiger partial charge in [0.15, 0.2) is 0 Å². The second-order valence-electron chi connectivity index (χ2n) is 7.15. The van der Waals surface area contributed by atoms with Crippen LogP contribution >= 0.6 is 0 Å². The molecule has 2 heterocycles. The van der Waals surface area contributed by atoms with Crippen molar-refractivity contribution in [2.45, 2.75) is 57.2 Å². The number of hydrogen-bond acceptors (Lipinski definition) is 4. The Labute approximate surface area is 131 Å². The first kappa shape index (κ1) is 14.2. The molecule has 1 aromatic heterocycles. The van der Waals surface area contributed by atoms with Gasteiger partial charge >= 0.3 is 0 Å². The van der Waals surface area contributed by atoms with E-state index in [1.165, 1.54) is 32.1 Å². The third-order valence-corrected chi connectivity index (χ3v) is 5.30. The van der Waals surface area contributed by atoms with Crippen LogP contribution in [-0.2, 0) is 11.3 Å². The fraction of sp³-hybridized carbons (Fsp3) is 0.812. The summed E-state index contributed by atoms with van der Waals surface area (Å²) in [6.07, 6.45) is 10.9. The minimum absolute atomic E-state index is 0.217. The van der Waals surface area contributed by atoms with Crippen molar-refractivity contribution in [1.29, 1.82) is 0 Å². The SMILES string of the molecule is O=C(CN1CCC[C@@H]1Cn1cncn1)NC(C1CC1)C1CC1. The summed E-state index contributed by atoms with van der Waals surface area (Å²) in [6, 6.07) is 0.872. The quantitative estimate of drug-likeness (QED) is 0.818. The highest BCUT2D eigenvalue weighted by Gasteiger charge is 2.42. The van der Waals surface area contributed by atoms with E-state index in [0.717, 1.165) is 31.3 Å². The standard InChI is InChI=1S/C16H25N5O/c22-15(19-16(12-3-4-12)13-5-6-13)9-20-7-1-2-14(20)8-21-11-17-10-18-21/h10-14,16H,1-9H2,(H,19,22)/t14-/m1/s1. The summed E-state index contributed by atoms with van der Waals surface area (Å²) in [4.78, 5) is 18.7. The van der Waals surface area contributed by atoms with Gasteiger partial charge in [-0.05, 0) is 56.9 Å². The van der Waals surface area contributed by atoms with E-state index in [-0.39, 0.29) is 5.91 Å². The Hall–Kier alpha value is -1.43. The van der Waals surface area contributed by atoms with Crippen molar-refractivity contribution in [1.82, 2.24) is 25.0 Å². The summed E-state index contributed by atoms with van der Waals surface area (Å²) in [5, 5.41) is 7.51. The van der Waals surface area contributed by atoms with Gasteiger partial charge in [-0.15, -0.1) is 0 Å². The van der Waals surface area contributed by atoms with Crippen molar-refractivity contribution in [3.05, 3.63) is 12.7 Å². The molecule has 6 heteroatoms. The molecule has 1 aromatic rings. The van der Waals surface area contributed by atoms with E-state index in [9.17, 15) is 4.79 Å². The maximum Gasteiger partial charge on any atom is 0.234 e. The number of carbonyl (C=O) groups is 1. The molecule has 4 rings (SSSR count). The first-order valence-electron chi connectivity index (χ1n) is 8.65. The highest BCUT2D eigenvalue weighted by atomic mass is 16.2. The Kier molecular flexibility index (Phi) is 3.86. The molecule has 0 unspecified atom stereocenters. The van der Waals surface area contributed by atoms with E-state index in [1.54, 1.807) is 12.7 Å². The average Bonchev–Trinajstić information content (AvgIpc) is 3.43. The average molecular weight is 303 g/mol. The smallest absolute Gasteiger partial charge is 0.234 e. The van der Waals surface area contributed by atoms with Crippen LogP contribution < -0.4 is 5.32 Å². The summed E-state index contributed by atoms with van der Waals surface area (Å²) in [5.41, 5.74) is 0. The van der Waals surface area contributed by atoms with Crippen LogP contribution in [0.1, 0.15) is 38.5 Å². The number of nitrogens with one attached hydrogen (secondary N) is 1. The largest absolute Gasteiger partial charge is 0.352 e. The molecule has 1 aliphatic heterocycles. The number of amides is 1. The second kappa shape index (κ2) is 5.99. The van der Waals surface area contributed by atoms with Gasteiger partial charge in [-0.1, -0.05) is 0 Å². The van der Waals surface area contributed by atoms with Gasteiger partial charge in [0.2, 0.25) is 5.91 Å². The van der Waals surface area contributed by atoms with E-state index < -0.39 is 0 Å². The van der Waals surface area contributed by atoms with Crippen LogP contribution in [0.2, 0.25) is 0 Å². The van der Waals surface area contributed by atoms with Crippen LogP contribution in [0.3, 0.4) is 0 Å². The summed E-state index contributed by atoms with van der Waals surface area (Å²) in [5.74, 6) is 1.75. The number of aromatic nitrogens is 3. The number of hydrogen-bond donors (Lipinski definition) is 1. The molecule has 120 valence electrons. The molecular formula is C16H25N5O. The molecule has 0 bridgehead atoms. The minimum Gasteiger partial charge on any atom is -0.352 e. The fourth-order valence-corrected chi connectivity index (χ4v) is 3.80. The maximum atomic E-state index is 12.4. The van der Waals surface area contributed by atoms with Crippen LogP contribution in [0.5, 0.6) is 0 Å². The van der Waals surface area contributed by atoms with Gasteiger partial charge in [-0.3, -0.25) is 14.4 Å². The maximum absolute atomic E-state index is 12.4. The van der Waals surface area contributed by atoms with Crippen molar-refractivity contribution in [2.75, 3.05) is 13.1 Å². The number of rotatable bonds is 7. The van der Waals surface area contributed by atoms with Gasteiger partial charge in [-0.2, -0.15) is 5.10 Å². The van der Waals surface area contributed by atoms with Gasteiger partial charge in [0.25, 0.3) is 0 Å². The number of nitrogens with zero attached hydrogens (tertiary/aromatic N) is 4. The zero-order valence-corrected chi connectivity index (χ0v) is 13.0. The Morgan fingerprint density at radius 1 is 1.23 bits per heavy atom. The van der Waals surface area contributed by atoms with Gasteiger partial charge < -0.3 is 5.32 Å². The Morgan fingerprint density at radius 3 is 2.64 bits per heavy atom. The summed E-state index contributed by atoms with van der Waals surface area (Å²) < 4.78 is 1.87. The first-order valence-corrected chi connectivity index (χ1v) is 8.65. The molecule has 1 N–H and O–H groups in total. The predicted molar refractivity (Wildman–Crippen MR) is 82.0 cm³/mol. The topological polar surface area (TPSA) is 63.1 Å². The lowest BCUT2D eigenvalue weighted by Gasteiger charge is -2.25. The normalized spacial score (nSPS) is 25.8. The van der Waals surface area contributed by atoms with Crippen LogP contribution in [0.25, 0.3) is 0 Å². The lowest BCUT2D eigenvalue weighted by Crippen LogP contribution is -2.46. The molecule has 1 atom stereocenters. The highest BCUT2D eigenvalue weighted by molar-refractivity contribution is 5.78. The first-order chi connectivity index (χ1) is 10.8. The monoisotopic (exact) mass is 303 g/mol. The van der Waals surface area contributed by atoms with Gasteiger partial charge in [-0.25, -0.2) is 4.98 Å². The molecule has 3 aliphatic rings. The van der Waals surface area contributed by atoms with E-state index in [4.69, 9.17) is 0 Å². The third-order valence-electron chi connectivity index (χ3n) is 5.30. The van der Waals surface area contributed by atoms with E-state index in [1.807, 2.05) is 4.68 Å². The number of likely N-dealkylation sites (tertiary alicyclic amines) is 1. The zero-order chi connectivity index (χ0) is 14.9. The number of carbonyl (C=O) groups excluding carboxylic acids is 1. The van der Waals surface area contributed by atoms with Gasteiger partial charge in [0.05, 0.1) is 13.1 Å². The molecule has 22 heavy (non-hydrogen) atoms. The van der Waals surface area contributed by atoms with Crippen molar-refractivity contribution < 1.29 is 4.79 Å². The molecule has 0 spiro atoms. The Balaban J connectivity index is 1.30. The van der Waals surface area contributed by atoms with E-state index in [0.29, 0.717) is 18.6 Å². The molecule has 6 nitrogen and oxygen atoms in total. The lowest BCUT2D eigenvalue weighted by molar-refractivity contribution is -0.123. The summed E-state index contributed by atoms with van der Waals surface area (Å²) >= 11 is 0. The zero-order valence-electron chi connectivity index (χ0n) is 13.0. The van der Waals surface area contributed by atoms with E-state index >= 15 is 0 Å². The molecule has 0 radical (unpaired) electrons. The van der Waals surface area contributed by atoms with E-state index in [2.05, 4.69) is 20.3 Å². The lowest BCUT2D eigenvalue weighted by atomic mass is 10.1. The fourth-order valence-electron chi connectivity index (χ4n) is 3.80. The van der Waals surface area contributed by atoms with Crippen molar-refractivity contribution in [2.24, 2.45) is 11.8 Å². The molecule has 2 saturated carbocycles. The van der Waals surface area contributed by atoms with Crippen molar-refractivity contribution >= 4 is 5.91 Å². The van der Waals surface area contributed by atoms with Gasteiger partial charge in [0.1, 0.15) is 12.7 Å². The minimum atomic E-state index is 0.217. The van der Waals surface area contributed by atoms with Crippen LogP contribution in [0.4, 0.5) is 0 Å². The van der Waals surface area contributed by atoms with Crippen molar-refractivity contribution in [3.63, 3.8) is 0 Å². The summed E-state index contributed by atoms with van der Waals surface area (Å²) in [6.45, 7) is 2.39. The molecule has 1 amide bonds. The third kappa shape index (κ3) is 3.32. The predicted octanol–water partition coefficient (Wildman–Crippen LogP) is 1.05. The summed E-state index contributed by atoms with van der Waals surface area (Å²) in [7, 11) is 0. The van der Waals surface area contributed by atoms with Gasteiger partial charge in [0, 0.05) is 12.1 Å². The second-order valence-corrected chi connectivity index (χ2v) is 7.15. The Morgan fingerprint density at radius 2 is 2.00 bits per heavy atom. The van der Waals surface area contributed by atoms with Crippen LogP contribution in [-0.4, -0.2) is 50.7 Å². The highest BCUT2D eigenvalue weighted by Crippen LogP contribution is 2.44. The van der Waals surface area contributed by atoms with Crippen LogP contribution in [0.15, 0.2) is 12.7 Å². The molecule has 0 aromatic carbocycles. The van der Waals surface area contributed by atoms with Crippen molar-refractivity contribution in [3.8, 4) is 0 Å². The molecular weight excluding hydrogens is 278 g/mol.